The summed E-state index contributed by atoms with van der Waals surface area (Å²) in [4.78, 5) is 15.8. The number of nitrogens with two attached hydrogens (primary N) is 1. The van der Waals surface area contributed by atoms with Crippen LogP contribution in [0.15, 0.2) is 34.0 Å². The number of halogens is 1. The Hall–Kier alpha value is -2.15. The number of nitrogen functional groups attached to an aromatic ring is 1. The number of imidazole rings is 1. The van der Waals surface area contributed by atoms with E-state index in [2.05, 4.69) is 26.0 Å². The van der Waals surface area contributed by atoms with Gasteiger partial charge in [-0.05, 0) is 19.1 Å². The van der Waals surface area contributed by atoms with Gasteiger partial charge in [-0.15, -0.1) is 0 Å². The molecule has 0 aliphatic heterocycles. The molecule has 0 radical (unpaired) electrons. The van der Waals surface area contributed by atoms with Crippen molar-refractivity contribution in [2.24, 2.45) is 5.10 Å². The normalized spacial score (nSPS) is 10.9. The lowest BCUT2D eigenvalue weighted by Crippen LogP contribution is -2.06. The van der Waals surface area contributed by atoms with Crippen molar-refractivity contribution in [3.63, 3.8) is 0 Å². The number of aryl methyl sites for hydroxylation is 1. The van der Waals surface area contributed by atoms with Crippen LogP contribution in [0.1, 0.15) is 21.6 Å². The molecule has 1 aromatic carbocycles. The van der Waals surface area contributed by atoms with Gasteiger partial charge in [0.1, 0.15) is 0 Å². The van der Waals surface area contributed by atoms with Gasteiger partial charge in [0, 0.05) is 10.0 Å². The molecule has 6 nitrogen and oxygen atoms in total. The largest absolute Gasteiger partial charge is 0.465 e. The molecule has 0 unspecified atom stereocenters. The maximum absolute atomic E-state index is 11.7. The summed E-state index contributed by atoms with van der Waals surface area (Å²) in [7, 11) is 1.33. The Labute approximate surface area is 124 Å². The van der Waals surface area contributed by atoms with E-state index < -0.39 is 5.97 Å². The molecule has 0 fully saturated rings. The minimum Gasteiger partial charge on any atom is -0.465 e. The molecular formula is C13H13BrN4O2. The van der Waals surface area contributed by atoms with Gasteiger partial charge in [-0.25, -0.2) is 14.5 Å². The monoisotopic (exact) mass is 336 g/mol. The summed E-state index contributed by atoms with van der Waals surface area (Å²) < 4.78 is 6.92. The molecule has 0 saturated carbocycles. The highest BCUT2D eigenvalue weighted by Crippen LogP contribution is 2.20. The Morgan fingerprint density at radius 3 is 2.90 bits per heavy atom. The molecule has 0 aliphatic carbocycles. The van der Waals surface area contributed by atoms with E-state index in [1.807, 2.05) is 13.0 Å². The zero-order valence-electron chi connectivity index (χ0n) is 11.0. The summed E-state index contributed by atoms with van der Waals surface area (Å²) in [6.07, 6.45) is 3.23. The van der Waals surface area contributed by atoms with Crippen molar-refractivity contribution in [1.29, 1.82) is 0 Å². The maximum atomic E-state index is 11.7. The summed E-state index contributed by atoms with van der Waals surface area (Å²) in [6, 6.07) is 5.24. The van der Waals surface area contributed by atoms with Gasteiger partial charge in [-0.3, -0.25) is 0 Å². The van der Waals surface area contributed by atoms with E-state index in [1.54, 1.807) is 18.3 Å². The van der Waals surface area contributed by atoms with Crippen LogP contribution >= 0.6 is 15.9 Å². The second-order valence-electron chi connectivity index (χ2n) is 4.02. The second-order valence-corrected chi connectivity index (χ2v) is 4.88. The first-order valence-electron chi connectivity index (χ1n) is 5.75. The number of carbonyl (C=O) groups is 1. The molecule has 1 aromatic heterocycles. The number of benzene rings is 1. The fourth-order valence-corrected chi connectivity index (χ4v) is 2.14. The summed E-state index contributed by atoms with van der Waals surface area (Å²) in [6.45, 7) is 1.82. The second kappa shape index (κ2) is 5.87. The number of methoxy groups -OCH3 is 1. The molecule has 0 aliphatic rings. The first-order valence-corrected chi connectivity index (χ1v) is 6.55. The Balaban J connectivity index is 2.43. The van der Waals surface area contributed by atoms with Crippen molar-refractivity contribution in [3.8, 4) is 0 Å². The highest BCUT2D eigenvalue weighted by molar-refractivity contribution is 9.10. The lowest BCUT2D eigenvalue weighted by molar-refractivity contribution is 0.0600. The van der Waals surface area contributed by atoms with E-state index in [4.69, 9.17) is 10.5 Å². The SMILES string of the molecule is COC(=O)c1cccc(Br)c1C=Nn1cc(C)nc1N. The molecule has 1 heterocycles. The van der Waals surface area contributed by atoms with Crippen LogP contribution in [-0.2, 0) is 4.74 Å². The molecule has 0 saturated heterocycles. The van der Waals surface area contributed by atoms with Crippen LogP contribution in [-0.4, -0.2) is 29.0 Å². The van der Waals surface area contributed by atoms with E-state index in [0.717, 1.165) is 10.2 Å². The van der Waals surface area contributed by atoms with Gasteiger partial charge in [0.15, 0.2) is 0 Å². The Kier molecular flexibility index (Phi) is 4.19. The van der Waals surface area contributed by atoms with Crippen LogP contribution in [0.3, 0.4) is 0 Å². The molecule has 2 rings (SSSR count). The quantitative estimate of drug-likeness (QED) is 0.688. The van der Waals surface area contributed by atoms with Crippen LogP contribution in [0.5, 0.6) is 0 Å². The van der Waals surface area contributed by atoms with Crippen LogP contribution in [0, 0.1) is 6.92 Å². The van der Waals surface area contributed by atoms with Gasteiger partial charge >= 0.3 is 5.97 Å². The van der Waals surface area contributed by atoms with E-state index in [1.165, 1.54) is 18.0 Å². The number of hydrogen-bond donors (Lipinski definition) is 1. The average molecular weight is 337 g/mol. The van der Waals surface area contributed by atoms with Crippen LogP contribution in [0.4, 0.5) is 5.95 Å². The zero-order chi connectivity index (χ0) is 14.7. The first-order chi connectivity index (χ1) is 9.52. The third-order valence-electron chi connectivity index (χ3n) is 2.60. The highest BCUT2D eigenvalue weighted by Gasteiger charge is 2.12. The number of hydrogen-bond acceptors (Lipinski definition) is 5. The molecule has 2 aromatic rings. The Bertz CT molecular complexity index is 679. The smallest absolute Gasteiger partial charge is 0.338 e. The third-order valence-corrected chi connectivity index (χ3v) is 3.30. The lowest BCUT2D eigenvalue weighted by atomic mass is 10.1. The molecule has 20 heavy (non-hydrogen) atoms. The molecule has 104 valence electrons. The van der Waals surface area contributed by atoms with Crippen LogP contribution < -0.4 is 5.73 Å². The van der Waals surface area contributed by atoms with Gasteiger partial charge in [0.2, 0.25) is 5.95 Å². The minimum atomic E-state index is -0.428. The Morgan fingerprint density at radius 1 is 1.55 bits per heavy atom. The minimum absolute atomic E-state index is 0.283. The molecular weight excluding hydrogens is 324 g/mol. The molecule has 7 heteroatoms. The summed E-state index contributed by atoms with van der Waals surface area (Å²) in [5.74, 6) is -0.145. The molecule has 0 atom stereocenters. The predicted octanol–water partition coefficient (Wildman–Crippen LogP) is 2.21. The number of rotatable bonds is 3. The predicted molar refractivity (Wildman–Crippen MR) is 79.8 cm³/mol. The van der Waals surface area contributed by atoms with Crippen molar-refractivity contribution in [2.75, 3.05) is 12.8 Å². The van der Waals surface area contributed by atoms with Gasteiger partial charge in [-0.2, -0.15) is 5.10 Å². The van der Waals surface area contributed by atoms with Gasteiger partial charge in [0.05, 0.1) is 30.8 Å². The number of ether oxygens (including phenoxy) is 1. The van der Waals surface area contributed by atoms with Crippen molar-refractivity contribution < 1.29 is 9.53 Å². The molecule has 2 N–H and O–H groups in total. The third kappa shape index (κ3) is 2.88. The number of carbonyl (C=O) groups excluding carboxylic acids is 1. The number of anilines is 1. The number of aromatic nitrogens is 2. The van der Waals surface area contributed by atoms with Gasteiger partial charge in [0.25, 0.3) is 0 Å². The number of nitrogens with zero attached hydrogens (tertiary/aromatic N) is 3. The van der Waals surface area contributed by atoms with Crippen molar-refractivity contribution in [2.45, 2.75) is 6.92 Å². The van der Waals surface area contributed by atoms with E-state index in [9.17, 15) is 4.79 Å². The zero-order valence-corrected chi connectivity index (χ0v) is 12.6. The topological polar surface area (TPSA) is 82.5 Å². The van der Waals surface area contributed by atoms with E-state index in [-0.39, 0.29) is 5.95 Å². The molecule has 0 amide bonds. The van der Waals surface area contributed by atoms with E-state index in [0.29, 0.717) is 11.1 Å². The molecule has 0 spiro atoms. The molecule has 0 bridgehead atoms. The lowest BCUT2D eigenvalue weighted by Gasteiger charge is -2.05. The van der Waals surface area contributed by atoms with Gasteiger partial charge in [-0.1, -0.05) is 22.0 Å². The van der Waals surface area contributed by atoms with Crippen molar-refractivity contribution >= 4 is 34.1 Å². The highest BCUT2D eigenvalue weighted by atomic mass is 79.9. The van der Waals surface area contributed by atoms with Gasteiger partial charge < -0.3 is 10.5 Å². The average Bonchev–Trinajstić information content (AvgIpc) is 2.74. The maximum Gasteiger partial charge on any atom is 0.338 e. The summed E-state index contributed by atoms with van der Waals surface area (Å²) in [5.41, 5.74) is 7.50. The van der Waals surface area contributed by atoms with Crippen molar-refractivity contribution in [3.05, 3.63) is 45.7 Å². The summed E-state index contributed by atoms with van der Waals surface area (Å²) in [5, 5.41) is 4.20. The fraction of sp³-hybridized carbons (Fsp3) is 0.154. The fourth-order valence-electron chi connectivity index (χ4n) is 1.67. The van der Waals surface area contributed by atoms with E-state index >= 15 is 0 Å². The Morgan fingerprint density at radius 2 is 2.30 bits per heavy atom. The van der Waals surface area contributed by atoms with Crippen molar-refractivity contribution in [1.82, 2.24) is 9.66 Å². The first kappa shape index (κ1) is 14.3. The summed E-state index contributed by atoms with van der Waals surface area (Å²) >= 11 is 3.39. The standard InChI is InChI=1S/C13H13BrN4O2/c1-8-7-18(13(15)17-8)16-6-10-9(12(19)20-2)4-3-5-11(10)14/h3-7H,1-2H3,(H2,15,17). The van der Waals surface area contributed by atoms with Crippen LogP contribution in [0.2, 0.25) is 0 Å². The van der Waals surface area contributed by atoms with Crippen LogP contribution in [0.25, 0.3) is 0 Å². The number of esters is 1.